The highest BCUT2D eigenvalue weighted by Gasteiger charge is 2.08. The van der Waals surface area contributed by atoms with E-state index in [1.165, 1.54) is 12.3 Å². The summed E-state index contributed by atoms with van der Waals surface area (Å²) in [5.41, 5.74) is 0.838. The van der Waals surface area contributed by atoms with Gasteiger partial charge in [-0.3, -0.25) is 4.79 Å². The van der Waals surface area contributed by atoms with Gasteiger partial charge in [0.05, 0.1) is 19.2 Å². The maximum absolute atomic E-state index is 13.6. The average molecular weight is 395 g/mol. The maximum Gasteiger partial charge on any atom is 0.253 e. The van der Waals surface area contributed by atoms with Crippen LogP contribution in [-0.2, 0) is 6.54 Å². The number of aromatic nitrogens is 1. The van der Waals surface area contributed by atoms with Crippen molar-refractivity contribution in [2.45, 2.75) is 6.54 Å². The molecule has 0 saturated heterocycles. The van der Waals surface area contributed by atoms with Gasteiger partial charge in [-0.2, -0.15) is 0 Å². The fourth-order valence-electron chi connectivity index (χ4n) is 2.57. The number of pyridine rings is 1. The molecule has 3 aromatic rings. The number of hydrogen-bond donors (Lipinski definition) is 2. The maximum atomic E-state index is 13.6. The van der Waals surface area contributed by atoms with Crippen LogP contribution in [0.5, 0.6) is 11.5 Å². The van der Waals surface area contributed by atoms with Crippen molar-refractivity contribution in [3.05, 3.63) is 83.8 Å². The van der Waals surface area contributed by atoms with Crippen molar-refractivity contribution in [2.24, 2.45) is 0 Å². The monoisotopic (exact) mass is 395 g/mol. The zero-order valence-corrected chi connectivity index (χ0v) is 16.0. The number of methoxy groups -OCH3 is 1. The van der Waals surface area contributed by atoms with E-state index in [2.05, 4.69) is 15.6 Å². The van der Waals surface area contributed by atoms with Gasteiger partial charge in [-0.05, 0) is 42.5 Å². The summed E-state index contributed by atoms with van der Waals surface area (Å²) in [4.78, 5) is 16.4. The lowest BCUT2D eigenvalue weighted by Gasteiger charge is -2.09. The molecule has 2 aromatic carbocycles. The molecule has 1 amide bonds. The first-order valence-corrected chi connectivity index (χ1v) is 9.14. The predicted octanol–water partition coefficient (Wildman–Crippen LogP) is 3.65. The molecule has 0 bridgehead atoms. The first kappa shape index (κ1) is 20.1. The second kappa shape index (κ2) is 10.1. The Morgan fingerprint density at radius 2 is 1.79 bits per heavy atom. The van der Waals surface area contributed by atoms with Crippen LogP contribution in [0.15, 0.2) is 66.9 Å². The van der Waals surface area contributed by atoms with Crippen LogP contribution in [0.2, 0.25) is 0 Å². The summed E-state index contributed by atoms with van der Waals surface area (Å²) in [6.45, 7) is 1.13. The molecule has 1 heterocycles. The Morgan fingerprint density at radius 3 is 2.48 bits per heavy atom. The van der Waals surface area contributed by atoms with Crippen molar-refractivity contribution in [3.8, 4) is 11.5 Å². The van der Waals surface area contributed by atoms with Crippen molar-refractivity contribution in [2.75, 3.05) is 25.6 Å². The first-order valence-electron chi connectivity index (χ1n) is 9.14. The molecule has 6 nitrogen and oxygen atoms in total. The number of hydrogen-bond acceptors (Lipinski definition) is 5. The third kappa shape index (κ3) is 5.93. The number of halogens is 1. The largest absolute Gasteiger partial charge is 0.497 e. The van der Waals surface area contributed by atoms with Crippen molar-refractivity contribution in [3.63, 3.8) is 0 Å². The highest BCUT2D eigenvalue weighted by molar-refractivity contribution is 5.94. The molecular weight excluding hydrogens is 373 g/mol. The van der Waals surface area contributed by atoms with E-state index in [1.807, 2.05) is 24.3 Å². The normalized spacial score (nSPS) is 10.3. The van der Waals surface area contributed by atoms with Gasteiger partial charge in [-0.15, -0.1) is 0 Å². The Morgan fingerprint density at radius 1 is 1.03 bits per heavy atom. The second-order valence-electron chi connectivity index (χ2n) is 6.16. The first-order chi connectivity index (χ1) is 14.2. The summed E-state index contributed by atoms with van der Waals surface area (Å²) in [6, 6.07) is 17.1. The molecule has 0 atom stereocenters. The molecular formula is C22H22FN3O3. The summed E-state index contributed by atoms with van der Waals surface area (Å²) in [7, 11) is 1.62. The average Bonchev–Trinajstić information content (AvgIpc) is 2.77. The molecule has 150 valence electrons. The molecule has 0 fully saturated rings. The molecule has 0 aliphatic rings. The zero-order valence-electron chi connectivity index (χ0n) is 16.0. The van der Waals surface area contributed by atoms with E-state index in [-0.39, 0.29) is 18.3 Å². The van der Waals surface area contributed by atoms with E-state index in [4.69, 9.17) is 9.47 Å². The Kier molecular flexibility index (Phi) is 7.00. The number of anilines is 1. The number of amides is 1. The second-order valence-corrected chi connectivity index (χ2v) is 6.16. The summed E-state index contributed by atoms with van der Waals surface area (Å²) in [5, 5.41) is 5.81. The Labute approximate surface area is 168 Å². The minimum atomic E-state index is -0.345. The smallest absolute Gasteiger partial charge is 0.253 e. The third-order valence-electron chi connectivity index (χ3n) is 4.16. The van der Waals surface area contributed by atoms with Crippen molar-refractivity contribution in [1.82, 2.24) is 10.3 Å². The number of nitrogens with zero attached hydrogens (tertiary/aromatic N) is 1. The molecule has 3 rings (SSSR count). The number of benzene rings is 2. The summed E-state index contributed by atoms with van der Waals surface area (Å²) < 4.78 is 24.3. The molecule has 0 aliphatic heterocycles. The molecule has 1 aromatic heterocycles. The van der Waals surface area contributed by atoms with Crippen LogP contribution in [-0.4, -0.2) is 31.2 Å². The summed E-state index contributed by atoms with van der Waals surface area (Å²) in [6.07, 6.45) is 1.48. The van der Waals surface area contributed by atoms with Crippen LogP contribution in [0.4, 0.5) is 10.2 Å². The molecule has 0 unspecified atom stereocenters. The van der Waals surface area contributed by atoms with Gasteiger partial charge in [0.25, 0.3) is 5.91 Å². The molecule has 29 heavy (non-hydrogen) atoms. The van der Waals surface area contributed by atoms with Crippen molar-refractivity contribution >= 4 is 11.7 Å². The topological polar surface area (TPSA) is 72.5 Å². The van der Waals surface area contributed by atoms with E-state index < -0.39 is 0 Å². The number of rotatable bonds is 9. The standard InChI is InChI=1S/C22H22FN3O3/c1-28-18-7-9-19(10-8-18)29-13-12-24-21-11-6-17(15-25-21)22(27)26-14-16-4-2-3-5-20(16)23/h2-11,15H,12-14H2,1H3,(H,24,25)(H,26,27). The minimum Gasteiger partial charge on any atom is -0.497 e. The van der Waals surface area contributed by atoms with Gasteiger partial charge in [0.2, 0.25) is 0 Å². The van der Waals surface area contributed by atoms with Gasteiger partial charge < -0.3 is 20.1 Å². The lowest BCUT2D eigenvalue weighted by molar-refractivity contribution is 0.0950. The Balaban J connectivity index is 1.42. The van der Waals surface area contributed by atoms with Gasteiger partial charge in [0.1, 0.15) is 29.7 Å². The fourth-order valence-corrected chi connectivity index (χ4v) is 2.57. The molecule has 0 aliphatic carbocycles. The quantitative estimate of drug-likeness (QED) is 0.541. The zero-order chi connectivity index (χ0) is 20.5. The predicted molar refractivity (Wildman–Crippen MR) is 109 cm³/mol. The van der Waals surface area contributed by atoms with E-state index in [9.17, 15) is 9.18 Å². The van der Waals surface area contributed by atoms with E-state index in [0.29, 0.717) is 30.1 Å². The van der Waals surface area contributed by atoms with Gasteiger partial charge in [0, 0.05) is 18.3 Å². The van der Waals surface area contributed by atoms with Gasteiger partial charge in [-0.1, -0.05) is 18.2 Å². The Hall–Kier alpha value is -3.61. The molecule has 2 N–H and O–H groups in total. The van der Waals surface area contributed by atoms with E-state index >= 15 is 0 Å². The van der Waals surface area contributed by atoms with Crippen molar-refractivity contribution in [1.29, 1.82) is 0 Å². The lowest BCUT2D eigenvalue weighted by Crippen LogP contribution is -2.23. The molecule has 0 radical (unpaired) electrons. The van der Waals surface area contributed by atoms with E-state index in [0.717, 1.165) is 11.5 Å². The van der Waals surface area contributed by atoms with Crippen molar-refractivity contribution < 1.29 is 18.7 Å². The Bertz CT molecular complexity index is 931. The highest BCUT2D eigenvalue weighted by atomic mass is 19.1. The molecule has 7 heteroatoms. The summed E-state index contributed by atoms with van der Waals surface area (Å²) >= 11 is 0. The number of nitrogens with one attached hydrogen (secondary N) is 2. The van der Waals surface area contributed by atoms with Gasteiger partial charge >= 0.3 is 0 Å². The number of carbonyl (C=O) groups is 1. The molecule has 0 spiro atoms. The third-order valence-corrected chi connectivity index (χ3v) is 4.16. The van der Waals surface area contributed by atoms with Crippen LogP contribution >= 0.6 is 0 Å². The van der Waals surface area contributed by atoms with Gasteiger partial charge in [0.15, 0.2) is 0 Å². The number of carbonyl (C=O) groups excluding carboxylic acids is 1. The molecule has 0 saturated carbocycles. The highest BCUT2D eigenvalue weighted by Crippen LogP contribution is 2.16. The number of ether oxygens (including phenoxy) is 2. The summed E-state index contributed by atoms with van der Waals surface area (Å²) in [5.74, 6) is 1.51. The van der Waals surface area contributed by atoms with Crippen LogP contribution in [0.3, 0.4) is 0 Å². The minimum absolute atomic E-state index is 0.119. The fraction of sp³-hybridized carbons (Fsp3) is 0.182. The SMILES string of the molecule is COc1ccc(OCCNc2ccc(C(=O)NCc3ccccc3F)cn2)cc1. The van der Waals surface area contributed by atoms with Crippen LogP contribution in [0.25, 0.3) is 0 Å². The van der Waals surface area contributed by atoms with Crippen LogP contribution in [0, 0.1) is 5.82 Å². The van der Waals surface area contributed by atoms with Crippen LogP contribution < -0.4 is 20.1 Å². The van der Waals surface area contributed by atoms with E-state index in [1.54, 1.807) is 37.4 Å². The van der Waals surface area contributed by atoms with Gasteiger partial charge in [-0.25, -0.2) is 9.37 Å². The lowest BCUT2D eigenvalue weighted by atomic mass is 10.2. The van der Waals surface area contributed by atoms with Crippen LogP contribution in [0.1, 0.15) is 15.9 Å².